The Bertz CT molecular complexity index is 429. The first kappa shape index (κ1) is 13.1. The number of rotatable bonds is 3. The molecule has 19 heavy (non-hydrogen) atoms. The molecular weight excluding hydrogens is 236 g/mol. The second-order valence-electron chi connectivity index (χ2n) is 6.12. The zero-order chi connectivity index (χ0) is 13.2. The van der Waals surface area contributed by atoms with Crippen LogP contribution in [0.1, 0.15) is 49.7 Å². The highest BCUT2D eigenvalue weighted by atomic mass is 16.5. The van der Waals surface area contributed by atoms with Gasteiger partial charge in [-0.3, -0.25) is 0 Å². The van der Waals surface area contributed by atoms with Crippen LogP contribution in [0.5, 0.6) is 0 Å². The van der Waals surface area contributed by atoms with Gasteiger partial charge < -0.3 is 9.84 Å². The van der Waals surface area contributed by atoms with Crippen LogP contribution in [0, 0.1) is 5.92 Å². The molecule has 4 unspecified atom stereocenters. The van der Waals surface area contributed by atoms with Crippen LogP contribution in [0.4, 0.5) is 0 Å². The summed E-state index contributed by atoms with van der Waals surface area (Å²) in [5, 5.41) is 10.5. The number of aliphatic hydroxyl groups excluding tert-OH is 1. The standard InChI is InChI=1S/C17H24O2/c1-12-15(9-10-19-12)17(18)11-14-7-4-6-13-5-2-3-8-16(13)14/h2-3,5,8,12,14-15,17-18H,4,6-7,9-11H2,1H3. The van der Waals surface area contributed by atoms with Crippen molar-refractivity contribution in [3.05, 3.63) is 35.4 Å². The van der Waals surface area contributed by atoms with Gasteiger partial charge in [0.05, 0.1) is 12.2 Å². The lowest BCUT2D eigenvalue weighted by atomic mass is 9.78. The molecule has 2 heteroatoms. The first-order valence-electron chi connectivity index (χ1n) is 7.63. The van der Waals surface area contributed by atoms with E-state index in [2.05, 4.69) is 31.2 Å². The van der Waals surface area contributed by atoms with Gasteiger partial charge in [0, 0.05) is 12.5 Å². The van der Waals surface area contributed by atoms with Crippen LogP contribution in [0.3, 0.4) is 0 Å². The Morgan fingerprint density at radius 3 is 2.95 bits per heavy atom. The summed E-state index contributed by atoms with van der Waals surface area (Å²) in [4.78, 5) is 0. The predicted molar refractivity (Wildman–Crippen MR) is 76.3 cm³/mol. The largest absolute Gasteiger partial charge is 0.393 e. The first-order valence-corrected chi connectivity index (χ1v) is 7.63. The maximum Gasteiger partial charge on any atom is 0.0600 e. The van der Waals surface area contributed by atoms with Crippen LogP contribution in [-0.4, -0.2) is 23.9 Å². The number of hydrogen-bond acceptors (Lipinski definition) is 2. The lowest BCUT2D eigenvalue weighted by Gasteiger charge is -2.30. The van der Waals surface area contributed by atoms with Crippen molar-refractivity contribution in [3.8, 4) is 0 Å². The molecule has 1 saturated heterocycles. The molecule has 0 aromatic heterocycles. The molecule has 0 radical (unpaired) electrons. The molecule has 2 nitrogen and oxygen atoms in total. The number of hydrogen-bond donors (Lipinski definition) is 1. The van der Waals surface area contributed by atoms with E-state index in [1.165, 1.54) is 30.4 Å². The summed E-state index contributed by atoms with van der Waals surface area (Å²) in [5.74, 6) is 0.863. The van der Waals surface area contributed by atoms with Gasteiger partial charge in [0.15, 0.2) is 0 Å². The number of aliphatic hydroxyl groups is 1. The van der Waals surface area contributed by atoms with Crippen LogP contribution < -0.4 is 0 Å². The fourth-order valence-corrected chi connectivity index (χ4v) is 3.82. The molecule has 1 fully saturated rings. The summed E-state index contributed by atoms with van der Waals surface area (Å²) >= 11 is 0. The van der Waals surface area contributed by atoms with E-state index in [1.807, 2.05) is 0 Å². The first-order chi connectivity index (χ1) is 9.25. The molecule has 1 N–H and O–H groups in total. The third-order valence-corrected chi connectivity index (χ3v) is 4.95. The highest BCUT2D eigenvalue weighted by Gasteiger charge is 2.33. The van der Waals surface area contributed by atoms with Crippen molar-refractivity contribution in [1.82, 2.24) is 0 Å². The molecule has 1 aliphatic carbocycles. The molecule has 1 aromatic carbocycles. The van der Waals surface area contributed by atoms with Crippen molar-refractivity contribution in [3.63, 3.8) is 0 Å². The van der Waals surface area contributed by atoms with Crippen molar-refractivity contribution in [2.24, 2.45) is 5.92 Å². The summed E-state index contributed by atoms with van der Waals surface area (Å²) in [6, 6.07) is 8.75. The second-order valence-corrected chi connectivity index (χ2v) is 6.12. The van der Waals surface area contributed by atoms with Gasteiger partial charge in [0.25, 0.3) is 0 Å². The highest BCUT2D eigenvalue weighted by molar-refractivity contribution is 5.32. The zero-order valence-electron chi connectivity index (χ0n) is 11.7. The Kier molecular flexibility index (Phi) is 3.90. The predicted octanol–water partition coefficient (Wildman–Crippen LogP) is 3.28. The maximum atomic E-state index is 10.5. The zero-order valence-corrected chi connectivity index (χ0v) is 11.7. The van der Waals surface area contributed by atoms with Gasteiger partial charge in [0.1, 0.15) is 0 Å². The van der Waals surface area contributed by atoms with Crippen LogP contribution in [0.15, 0.2) is 24.3 Å². The monoisotopic (exact) mass is 260 g/mol. The fraction of sp³-hybridized carbons (Fsp3) is 0.647. The Labute approximate surface area is 115 Å². The van der Waals surface area contributed by atoms with Crippen LogP contribution in [-0.2, 0) is 11.2 Å². The summed E-state index contributed by atoms with van der Waals surface area (Å²) in [6.45, 7) is 2.90. The number of ether oxygens (including phenoxy) is 1. The fourth-order valence-electron chi connectivity index (χ4n) is 3.82. The molecule has 104 valence electrons. The number of fused-ring (bicyclic) bond motifs is 1. The Morgan fingerprint density at radius 1 is 1.32 bits per heavy atom. The van der Waals surface area contributed by atoms with Crippen molar-refractivity contribution in [2.45, 2.75) is 57.2 Å². The second kappa shape index (κ2) is 5.64. The number of benzene rings is 1. The van der Waals surface area contributed by atoms with E-state index in [9.17, 15) is 5.11 Å². The molecule has 2 aliphatic rings. The lowest BCUT2D eigenvalue weighted by molar-refractivity contribution is 0.0351. The van der Waals surface area contributed by atoms with Crippen LogP contribution in [0.25, 0.3) is 0 Å². The Morgan fingerprint density at radius 2 is 2.16 bits per heavy atom. The lowest BCUT2D eigenvalue weighted by Crippen LogP contribution is -2.28. The van der Waals surface area contributed by atoms with Gasteiger partial charge in [-0.05, 0) is 56.1 Å². The minimum atomic E-state index is -0.214. The molecule has 1 aliphatic heterocycles. The van der Waals surface area contributed by atoms with Gasteiger partial charge in [-0.15, -0.1) is 0 Å². The highest BCUT2D eigenvalue weighted by Crippen LogP contribution is 2.37. The SMILES string of the molecule is CC1OCCC1C(O)CC1CCCc2ccccc21. The van der Waals surface area contributed by atoms with Gasteiger partial charge in [-0.25, -0.2) is 0 Å². The average molecular weight is 260 g/mol. The smallest absolute Gasteiger partial charge is 0.0600 e. The van der Waals surface area contributed by atoms with Crippen LogP contribution >= 0.6 is 0 Å². The van der Waals surface area contributed by atoms with E-state index < -0.39 is 0 Å². The number of aryl methyl sites for hydroxylation is 1. The topological polar surface area (TPSA) is 29.5 Å². The summed E-state index contributed by atoms with van der Waals surface area (Å²) in [7, 11) is 0. The molecular formula is C17H24O2. The quantitative estimate of drug-likeness (QED) is 0.903. The molecule has 0 amide bonds. The maximum absolute atomic E-state index is 10.5. The molecule has 1 aromatic rings. The minimum Gasteiger partial charge on any atom is -0.393 e. The molecule has 0 bridgehead atoms. The Hall–Kier alpha value is -0.860. The van der Waals surface area contributed by atoms with Crippen molar-refractivity contribution in [1.29, 1.82) is 0 Å². The molecule has 0 saturated carbocycles. The Balaban J connectivity index is 1.70. The van der Waals surface area contributed by atoms with Crippen molar-refractivity contribution < 1.29 is 9.84 Å². The molecule has 1 heterocycles. The minimum absolute atomic E-state index is 0.214. The van der Waals surface area contributed by atoms with Gasteiger partial charge >= 0.3 is 0 Å². The normalized spacial score (nSPS) is 32.0. The molecule has 3 rings (SSSR count). The van der Waals surface area contributed by atoms with E-state index in [0.29, 0.717) is 11.8 Å². The van der Waals surface area contributed by atoms with E-state index in [-0.39, 0.29) is 12.2 Å². The van der Waals surface area contributed by atoms with E-state index in [0.717, 1.165) is 19.4 Å². The van der Waals surface area contributed by atoms with Gasteiger partial charge in [-0.2, -0.15) is 0 Å². The summed E-state index contributed by atoms with van der Waals surface area (Å²) < 4.78 is 5.59. The summed E-state index contributed by atoms with van der Waals surface area (Å²) in [5.41, 5.74) is 2.96. The average Bonchev–Trinajstić information content (AvgIpc) is 2.85. The van der Waals surface area contributed by atoms with Crippen molar-refractivity contribution >= 4 is 0 Å². The van der Waals surface area contributed by atoms with E-state index >= 15 is 0 Å². The van der Waals surface area contributed by atoms with E-state index in [1.54, 1.807) is 0 Å². The van der Waals surface area contributed by atoms with E-state index in [4.69, 9.17) is 4.74 Å². The van der Waals surface area contributed by atoms with Gasteiger partial charge in [-0.1, -0.05) is 24.3 Å². The van der Waals surface area contributed by atoms with Gasteiger partial charge in [0.2, 0.25) is 0 Å². The third-order valence-electron chi connectivity index (χ3n) is 4.95. The summed E-state index contributed by atoms with van der Waals surface area (Å²) in [6.07, 6.45) is 5.58. The van der Waals surface area contributed by atoms with Crippen molar-refractivity contribution in [2.75, 3.05) is 6.61 Å². The van der Waals surface area contributed by atoms with Crippen LogP contribution in [0.2, 0.25) is 0 Å². The molecule has 0 spiro atoms. The molecule has 4 atom stereocenters. The third kappa shape index (κ3) is 2.70.